The van der Waals surface area contributed by atoms with E-state index in [2.05, 4.69) is 21.0 Å². The molecule has 1 aromatic rings. The summed E-state index contributed by atoms with van der Waals surface area (Å²) in [4.78, 5) is 11.2. The van der Waals surface area contributed by atoms with Gasteiger partial charge in [-0.15, -0.1) is 0 Å². The van der Waals surface area contributed by atoms with Gasteiger partial charge in [0.15, 0.2) is 5.94 Å². The zero-order valence-corrected chi connectivity index (χ0v) is 17.8. The van der Waals surface area contributed by atoms with Crippen LogP contribution in [-0.2, 0) is 16.1 Å². The molecule has 3 nitrogen and oxygen atoms in total. The highest BCUT2D eigenvalue weighted by Gasteiger charge is 2.19. The maximum absolute atomic E-state index is 11.2. The van der Waals surface area contributed by atoms with Crippen molar-refractivity contribution in [1.82, 2.24) is 0 Å². The lowest BCUT2D eigenvalue weighted by Crippen LogP contribution is -2.42. The summed E-state index contributed by atoms with van der Waals surface area (Å²) in [5, 5.41) is 0. The van der Waals surface area contributed by atoms with Gasteiger partial charge in [0, 0.05) is 0 Å². The first-order valence-corrected chi connectivity index (χ1v) is 10.8. The van der Waals surface area contributed by atoms with Crippen molar-refractivity contribution in [1.29, 1.82) is 0 Å². The molecule has 27 heavy (non-hydrogen) atoms. The van der Waals surface area contributed by atoms with E-state index in [0.717, 1.165) is 16.6 Å². The minimum Gasteiger partial charge on any atom is -0.477 e. The predicted octanol–water partition coefficient (Wildman–Crippen LogP) is 5.92. The van der Waals surface area contributed by atoms with Crippen molar-refractivity contribution in [3.63, 3.8) is 0 Å². The van der Waals surface area contributed by atoms with Crippen molar-refractivity contribution in [2.45, 2.75) is 77.7 Å². The number of rotatable bonds is 16. The lowest BCUT2D eigenvalue weighted by Gasteiger charge is -2.29. The van der Waals surface area contributed by atoms with Crippen LogP contribution in [0.25, 0.3) is 0 Å². The third kappa shape index (κ3) is 12.4. The number of ether oxygens (including phenoxy) is 1. The minimum atomic E-state index is 0.427. The molecule has 1 aromatic carbocycles. The highest BCUT2D eigenvalue weighted by molar-refractivity contribution is 5.49. The smallest absolute Gasteiger partial charge is 0.235 e. The fraction of sp³-hybridized carbons (Fsp3) is 0.667. The summed E-state index contributed by atoms with van der Waals surface area (Å²) >= 11 is 0. The molecule has 3 heteroatoms. The first-order chi connectivity index (χ1) is 13.1. The zero-order valence-electron chi connectivity index (χ0n) is 17.8. The van der Waals surface area contributed by atoms with Crippen LogP contribution in [0.2, 0.25) is 0 Å². The van der Waals surface area contributed by atoms with Gasteiger partial charge in [-0.2, -0.15) is 0 Å². The van der Waals surface area contributed by atoms with Crippen molar-refractivity contribution < 1.29 is 14.0 Å². The number of quaternary nitrogens is 1. The second-order valence-corrected chi connectivity index (χ2v) is 8.30. The topological polar surface area (TPSA) is 26.3 Å². The second-order valence-electron chi connectivity index (χ2n) is 8.30. The summed E-state index contributed by atoms with van der Waals surface area (Å²) in [5.41, 5.74) is 1.07. The van der Waals surface area contributed by atoms with Gasteiger partial charge in [-0.1, -0.05) is 88.6 Å². The van der Waals surface area contributed by atoms with Crippen LogP contribution in [0, 0.1) is 0 Å². The number of benzene rings is 1. The van der Waals surface area contributed by atoms with Gasteiger partial charge < -0.3 is 9.22 Å². The molecule has 0 saturated heterocycles. The normalized spacial score (nSPS) is 11.2. The minimum absolute atomic E-state index is 0.427. The Labute approximate surface area is 167 Å². The van der Waals surface area contributed by atoms with E-state index in [1.807, 2.05) is 36.3 Å². The summed E-state index contributed by atoms with van der Waals surface area (Å²) in [7, 11) is 4.33. The Hall–Kier alpha value is -1.57. The number of unbranched alkanes of at least 4 members (excludes halogenated alkanes) is 9. The molecule has 0 aliphatic carbocycles. The van der Waals surface area contributed by atoms with Crippen molar-refractivity contribution >= 4 is 5.94 Å². The maximum atomic E-state index is 11.2. The monoisotopic (exact) mass is 374 g/mol. The fourth-order valence-electron chi connectivity index (χ4n) is 3.35. The predicted molar refractivity (Wildman–Crippen MR) is 114 cm³/mol. The molecule has 0 spiro atoms. The molecule has 0 amide bonds. The van der Waals surface area contributed by atoms with E-state index in [-0.39, 0.29) is 0 Å². The van der Waals surface area contributed by atoms with Gasteiger partial charge in [0.05, 0.1) is 20.6 Å². The lowest BCUT2D eigenvalue weighted by atomic mass is 10.1. The number of likely N-dealkylation sites (N-methyl/N-ethyl adjacent to an activating group) is 1. The Morgan fingerprint density at radius 3 is 2.00 bits per heavy atom. The summed E-state index contributed by atoms with van der Waals surface area (Å²) in [6, 6.07) is 9.95. The van der Waals surface area contributed by atoms with E-state index in [9.17, 15) is 4.79 Å². The molecule has 0 saturated carbocycles. The van der Waals surface area contributed by atoms with Crippen LogP contribution < -0.4 is 0 Å². The van der Waals surface area contributed by atoms with Crippen LogP contribution in [0.1, 0.15) is 76.7 Å². The van der Waals surface area contributed by atoms with Crippen LogP contribution in [0.15, 0.2) is 36.1 Å². The Bertz CT molecular complexity index is 533. The largest absolute Gasteiger partial charge is 0.477 e. The molecule has 0 atom stereocenters. The molecule has 0 aliphatic rings. The Kier molecular flexibility index (Phi) is 12.6. The summed E-state index contributed by atoms with van der Waals surface area (Å²) in [5.74, 6) is 2.42. The molecule has 0 bridgehead atoms. The average molecular weight is 375 g/mol. The summed E-state index contributed by atoms with van der Waals surface area (Å²) in [6.45, 7) is 4.37. The fourth-order valence-corrected chi connectivity index (χ4v) is 3.35. The molecular weight excluding hydrogens is 334 g/mol. The van der Waals surface area contributed by atoms with Gasteiger partial charge >= 0.3 is 0 Å². The summed E-state index contributed by atoms with van der Waals surface area (Å²) in [6.07, 6.45) is 13.5. The van der Waals surface area contributed by atoms with E-state index in [0.29, 0.717) is 18.9 Å². The molecule has 1 rings (SSSR count). The van der Waals surface area contributed by atoms with Crippen LogP contribution in [-0.4, -0.2) is 37.6 Å². The molecule has 0 heterocycles. The third-order valence-electron chi connectivity index (χ3n) is 5.06. The SMILES string of the molecule is CCCCCCCCCCCC[N+](C)(C)CC(=C=O)OCc1ccccc1. The Morgan fingerprint density at radius 1 is 0.889 bits per heavy atom. The third-order valence-corrected chi connectivity index (χ3v) is 5.06. The number of carbonyl (C=O) groups excluding carboxylic acids is 1. The van der Waals surface area contributed by atoms with Gasteiger partial charge in [-0.05, 0) is 18.4 Å². The second kappa shape index (κ2) is 14.5. The van der Waals surface area contributed by atoms with Crippen LogP contribution in [0.5, 0.6) is 0 Å². The van der Waals surface area contributed by atoms with E-state index in [1.54, 1.807) is 0 Å². The highest BCUT2D eigenvalue weighted by atomic mass is 16.5. The van der Waals surface area contributed by atoms with Crippen molar-refractivity contribution in [3.05, 3.63) is 41.7 Å². The van der Waals surface area contributed by atoms with Gasteiger partial charge in [0.1, 0.15) is 13.2 Å². The van der Waals surface area contributed by atoms with Gasteiger partial charge in [0.25, 0.3) is 0 Å². The first-order valence-electron chi connectivity index (χ1n) is 10.8. The number of nitrogens with zero attached hydrogens (tertiary/aromatic N) is 1. The maximum Gasteiger partial charge on any atom is 0.235 e. The molecule has 0 N–H and O–H groups in total. The van der Waals surface area contributed by atoms with Crippen molar-refractivity contribution in [2.75, 3.05) is 27.2 Å². The van der Waals surface area contributed by atoms with E-state index < -0.39 is 0 Å². The van der Waals surface area contributed by atoms with E-state index in [4.69, 9.17) is 4.74 Å². The molecule has 0 aromatic heterocycles. The zero-order chi connectivity index (χ0) is 19.8. The summed E-state index contributed by atoms with van der Waals surface area (Å²) < 4.78 is 6.46. The van der Waals surface area contributed by atoms with Gasteiger partial charge in [-0.25, -0.2) is 4.79 Å². The average Bonchev–Trinajstić information content (AvgIpc) is 2.67. The van der Waals surface area contributed by atoms with Crippen molar-refractivity contribution in [3.8, 4) is 0 Å². The van der Waals surface area contributed by atoms with Crippen LogP contribution >= 0.6 is 0 Å². The van der Waals surface area contributed by atoms with Gasteiger partial charge in [-0.3, -0.25) is 0 Å². The van der Waals surface area contributed by atoms with E-state index >= 15 is 0 Å². The molecule has 152 valence electrons. The first kappa shape index (κ1) is 23.5. The lowest BCUT2D eigenvalue weighted by molar-refractivity contribution is -0.887. The standard InChI is InChI=1S/C24H40NO2/c1-4-5-6-7-8-9-10-11-12-16-19-25(2,3)20-24(21-26)27-22-23-17-14-13-15-18-23/h13-15,17-18H,4-12,16,19-20,22H2,1-3H3/q+1. The highest BCUT2D eigenvalue weighted by Crippen LogP contribution is 2.13. The number of hydrogen-bond acceptors (Lipinski definition) is 2. The Morgan fingerprint density at radius 2 is 1.44 bits per heavy atom. The molecule has 0 radical (unpaired) electrons. The number of hydrogen-bond donors (Lipinski definition) is 0. The van der Waals surface area contributed by atoms with Crippen LogP contribution in [0.3, 0.4) is 0 Å². The van der Waals surface area contributed by atoms with Gasteiger partial charge in [0.2, 0.25) is 5.76 Å². The molecule has 0 unspecified atom stereocenters. The molecular formula is C24H40NO2+. The Balaban J connectivity index is 2.13. The van der Waals surface area contributed by atoms with E-state index in [1.165, 1.54) is 64.2 Å². The van der Waals surface area contributed by atoms with Crippen LogP contribution in [0.4, 0.5) is 0 Å². The quantitative estimate of drug-likeness (QED) is 0.155. The molecule has 0 aliphatic heterocycles. The molecule has 0 fully saturated rings. The van der Waals surface area contributed by atoms with Crippen molar-refractivity contribution in [2.24, 2.45) is 0 Å².